The first-order valence-corrected chi connectivity index (χ1v) is 7.67. The third-order valence-electron chi connectivity index (χ3n) is 4.84. The Bertz CT molecular complexity index is 682. The molecular formula is C17H20ClN3O. The van der Waals surface area contributed by atoms with Gasteiger partial charge in [-0.1, -0.05) is 6.07 Å². The minimum absolute atomic E-state index is 0. The molecule has 3 saturated heterocycles. The van der Waals surface area contributed by atoms with E-state index in [1.807, 2.05) is 30.3 Å². The van der Waals surface area contributed by atoms with Gasteiger partial charge in [0.25, 0.3) is 5.91 Å². The van der Waals surface area contributed by atoms with Crippen LogP contribution in [-0.4, -0.2) is 41.5 Å². The SMILES string of the molecule is Cl.O=C(NC1CN2CCC1CC2)c1ccc2ncccc2c1. The normalized spacial score (nSPS) is 26.5. The summed E-state index contributed by atoms with van der Waals surface area (Å²) in [6.45, 7) is 3.39. The smallest absolute Gasteiger partial charge is 0.251 e. The highest BCUT2D eigenvalue weighted by Gasteiger charge is 2.34. The van der Waals surface area contributed by atoms with Gasteiger partial charge in [-0.25, -0.2) is 0 Å². The van der Waals surface area contributed by atoms with E-state index in [0.717, 1.165) is 23.0 Å². The highest BCUT2D eigenvalue weighted by molar-refractivity contribution is 5.98. The Morgan fingerprint density at radius 3 is 2.77 bits per heavy atom. The van der Waals surface area contributed by atoms with Gasteiger partial charge in [0.05, 0.1) is 5.52 Å². The predicted octanol–water partition coefficient (Wildman–Crippen LogP) is 2.48. The van der Waals surface area contributed by atoms with Crippen LogP contribution in [-0.2, 0) is 0 Å². The lowest BCUT2D eigenvalue weighted by Gasteiger charge is -2.44. The number of rotatable bonds is 2. The molecule has 116 valence electrons. The summed E-state index contributed by atoms with van der Waals surface area (Å²) in [7, 11) is 0. The molecule has 0 radical (unpaired) electrons. The van der Waals surface area contributed by atoms with E-state index >= 15 is 0 Å². The fraction of sp³-hybridized carbons (Fsp3) is 0.412. The van der Waals surface area contributed by atoms with E-state index < -0.39 is 0 Å². The molecule has 4 heterocycles. The first-order valence-electron chi connectivity index (χ1n) is 7.67. The van der Waals surface area contributed by atoms with Crippen LogP contribution in [0.1, 0.15) is 23.2 Å². The van der Waals surface area contributed by atoms with Gasteiger partial charge in [-0.3, -0.25) is 9.78 Å². The first-order chi connectivity index (χ1) is 10.3. The van der Waals surface area contributed by atoms with Gasteiger partial charge >= 0.3 is 0 Å². The number of nitrogens with one attached hydrogen (secondary N) is 1. The molecule has 1 unspecified atom stereocenters. The number of aromatic nitrogens is 1. The van der Waals surface area contributed by atoms with Gasteiger partial charge in [0.15, 0.2) is 0 Å². The molecule has 5 heteroatoms. The number of nitrogens with zero attached hydrogens (tertiary/aromatic N) is 2. The summed E-state index contributed by atoms with van der Waals surface area (Å²) in [5.74, 6) is 0.695. The highest BCUT2D eigenvalue weighted by Crippen LogP contribution is 2.27. The van der Waals surface area contributed by atoms with Crippen LogP contribution in [0.5, 0.6) is 0 Å². The van der Waals surface area contributed by atoms with Gasteiger partial charge in [-0.05, 0) is 56.1 Å². The summed E-state index contributed by atoms with van der Waals surface area (Å²) >= 11 is 0. The second kappa shape index (κ2) is 6.23. The Hall–Kier alpha value is -1.65. The number of hydrogen-bond acceptors (Lipinski definition) is 3. The fourth-order valence-electron chi connectivity index (χ4n) is 3.60. The Labute approximate surface area is 136 Å². The maximum atomic E-state index is 12.5. The largest absolute Gasteiger partial charge is 0.348 e. The number of carbonyl (C=O) groups excluding carboxylic acids is 1. The van der Waals surface area contributed by atoms with Gasteiger partial charge < -0.3 is 10.2 Å². The van der Waals surface area contributed by atoms with Gasteiger partial charge in [0, 0.05) is 29.7 Å². The maximum absolute atomic E-state index is 12.5. The monoisotopic (exact) mass is 317 g/mol. The molecule has 1 N–H and O–H groups in total. The summed E-state index contributed by atoms with van der Waals surface area (Å²) in [6, 6.07) is 9.92. The molecule has 3 aliphatic heterocycles. The summed E-state index contributed by atoms with van der Waals surface area (Å²) < 4.78 is 0. The lowest BCUT2D eigenvalue weighted by Crippen LogP contribution is -2.57. The maximum Gasteiger partial charge on any atom is 0.251 e. The quantitative estimate of drug-likeness (QED) is 0.925. The van der Waals surface area contributed by atoms with Crippen LogP contribution in [0, 0.1) is 5.92 Å². The molecule has 4 nitrogen and oxygen atoms in total. The number of amides is 1. The van der Waals surface area contributed by atoms with E-state index in [4.69, 9.17) is 0 Å². The van der Waals surface area contributed by atoms with E-state index in [2.05, 4.69) is 15.2 Å². The molecule has 5 rings (SSSR count). The van der Waals surface area contributed by atoms with Crippen LogP contribution < -0.4 is 5.32 Å². The zero-order valence-corrected chi connectivity index (χ0v) is 13.2. The van der Waals surface area contributed by atoms with Crippen molar-refractivity contribution in [3.63, 3.8) is 0 Å². The van der Waals surface area contributed by atoms with Crippen LogP contribution in [0.25, 0.3) is 10.9 Å². The van der Waals surface area contributed by atoms with Crippen LogP contribution in [0.4, 0.5) is 0 Å². The van der Waals surface area contributed by atoms with Crippen molar-refractivity contribution in [1.29, 1.82) is 0 Å². The van der Waals surface area contributed by atoms with Crippen LogP contribution in [0.2, 0.25) is 0 Å². The van der Waals surface area contributed by atoms with Gasteiger partial charge in [-0.15, -0.1) is 12.4 Å². The second-order valence-corrected chi connectivity index (χ2v) is 6.13. The minimum atomic E-state index is 0. The minimum Gasteiger partial charge on any atom is -0.348 e. The van der Waals surface area contributed by atoms with Crippen molar-refractivity contribution in [2.24, 2.45) is 5.92 Å². The molecule has 3 aliphatic rings. The summed E-state index contributed by atoms with van der Waals surface area (Å²) in [5, 5.41) is 4.24. The molecule has 1 aromatic heterocycles. The average molecular weight is 318 g/mol. The van der Waals surface area contributed by atoms with Crippen LogP contribution in [0.15, 0.2) is 36.5 Å². The Morgan fingerprint density at radius 1 is 1.23 bits per heavy atom. The molecule has 0 aliphatic carbocycles. The summed E-state index contributed by atoms with van der Waals surface area (Å²) in [5.41, 5.74) is 1.66. The number of halogens is 1. The van der Waals surface area contributed by atoms with E-state index in [1.54, 1.807) is 6.20 Å². The number of hydrogen-bond donors (Lipinski definition) is 1. The van der Waals surface area contributed by atoms with Crippen molar-refractivity contribution >= 4 is 29.2 Å². The molecular weight excluding hydrogens is 298 g/mol. The lowest BCUT2D eigenvalue weighted by molar-refractivity contribution is 0.0620. The zero-order chi connectivity index (χ0) is 14.2. The van der Waals surface area contributed by atoms with E-state index in [-0.39, 0.29) is 18.3 Å². The molecule has 0 saturated carbocycles. The summed E-state index contributed by atoms with van der Waals surface area (Å²) in [4.78, 5) is 19.2. The van der Waals surface area contributed by atoms with E-state index in [0.29, 0.717) is 12.0 Å². The van der Waals surface area contributed by atoms with Crippen LogP contribution in [0.3, 0.4) is 0 Å². The third kappa shape index (κ3) is 2.81. The van der Waals surface area contributed by atoms with Gasteiger partial charge in [0.2, 0.25) is 0 Å². The number of carbonyl (C=O) groups is 1. The Morgan fingerprint density at radius 2 is 2.05 bits per heavy atom. The molecule has 3 fully saturated rings. The van der Waals surface area contributed by atoms with Gasteiger partial charge in [0.1, 0.15) is 0 Å². The third-order valence-corrected chi connectivity index (χ3v) is 4.84. The molecule has 1 atom stereocenters. The first kappa shape index (κ1) is 15.3. The molecule has 2 bridgehead atoms. The molecule has 0 spiro atoms. The van der Waals surface area contributed by atoms with Crippen molar-refractivity contribution in [2.75, 3.05) is 19.6 Å². The van der Waals surface area contributed by atoms with Crippen molar-refractivity contribution in [2.45, 2.75) is 18.9 Å². The van der Waals surface area contributed by atoms with E-state index in [1.165, 1.54) is 25.9 Å². The van der Waals surface area contributed by atoms with Crippen molar-refractivity contribution in [3.8, 4) is 0 Å². The number of benzene rings is 1. The zero-order valence-electron chi connectivity index (χ0n) is 12.4. The average Bonchev–Trinajstić information content (AvgIpc) is 2.55. The number of piperidine rings is 3. The topological polar surface area (TPSA) is 45.2 Å². The van der Waals surface area contributed by atoms with Crippen molar-refractivity contribution in [1.82, 2.24) is 15.2 Å². The lowest BCUT2D eigenvalue weighted by atomic mass is 9.84. The van der Waals surface area contributed by atoms with Crippen molar-refractivity contribution < 1.29 is 4.79 Å². The Kier molecular flexibility index (Phi) is 4.32. The van der Waals surface area contributed by atoms with Crippen LogP contribution >= 0.6 is 12.4 Å². The Balaban J connectivity index is 0.00000144. The molecule has 1 amide bonds. The number of fused-ring (bicyclic) bond motifs is 4. The van der Waals surface area contributed by atoms with Gasteiger partial charge in [-0.2, -0.15) is 0 Å². The highest BCUT2D eigenvalue weighted by atomic mass is 35.5. The second-order valence-electron chi connectivity index (χ2n) is 6.13. The molecule has 2 aromatic rings. The molecule has 1 aromatic carbocycles. The van der Waals surface area contributed by atoms with E-state index in [9.17, 15) is 4.79 Å². The fourth-order valence-corrected chi connectivity index (χ4v) is 3.60. The predicted molar refractivity (Wildman–Crippen MR) is 89.4 cm³/mol. The summed E-state index contributed by atoms with van der Waals surface area (Å²) in [6.07, 6.45) is 4.20. The number of pyridine rings is 1. The molecule has 22 heavy (non-hydrogen) atoms. The van der Waals surface area contributed by atoms with Crippen molar-refractivity contribution in [3.05, 3.63) is 42.1 Å². The standard InChI is InChI=1S/C17H19N3O.ClH/c21-17(19-16-11-20-8-5-12(16)6-9-20)14-3-4-15-13(10-14)2-1-7-18-15;/h1-4,7,10,12,16H,5-6,8-9,11H2,(H,19,21);1H.